The third-order valence-corrected chi connectivity index (χ3v) is 2.28. The molecule has 0 radical (unpaired) electrons. The molecule has 0 aromatic rings. The second kappa shape index (κ2) is 5.61. The number of hydrogen-bond acceptors (Lipinski definition) is 2. The van der Waals surface area contributed by atoms with Crippen LogP contribution in [0.25, 0.3) is 0 Å². The molecule has 0 spiro atoms. The molecule has 0 aliphatic carbocycles. The third-order valence-electron chi connectivity index (χ3n) is 2.28. The van der Waals surface area contributed by atoms with Crippen LogP contribution in [-0.2, 0) is 9.47 Å². The molecule has 1 fully saturated rings. The second-order valence-corrected chi connectivity index (χ2v) is 4.41. The fourth-order valence-electron chi connectivity index (χ4n) is 1.56. The van der Waals surface area contributed by atoms with E-state index in [0.717, 1.165) is 25.6 Å². The molecule has 78 valence electrons. The normalized spacial score (nSPS) is 23.5. The maximum Gasteiger partial charge on any atom is 0.0810 e. The topological polar surface area (TPSA) is 21.8 Å². The number of hydrogen-bond donors (Lipinski definition) is 0. The Hall–Kier alpha value is -0.0800. The van der Waals surface area contributed by atoms with Gasteiger partial charge in [-0.1, -0.05) is 13.8 Å². The van der Waals surface area contributed by atoms with Gasteiger partial charge in [-0.05, 0) is 32.1 Å². The van der Waals surface area contributed by atoms with Crippen molar-refractivity contribution in [2.24, 2.45) is 5.92 Å². The van der Waals surface area contributed by atoms with Gasteiger partial charge in [0.1, 0.15) is 0 Å². The zero-order valence-electron chi connectivity index (χ0n) is 9.08. The van der Waals surface area contributed by atoms with E-state index < -0.39 is 0 Å². The first-order chi connectivity index (χ1) is 6.18. The molecule has 0 aromatic heterocycles. The molecule has 0 aromatic carbocycles. The van der Waals surface area contributed by atoms with E-state index in [0.29, 0.717) is 12.2 Å². The molecular formula is C11H22O2. The van der Waals surface area contributed by atoms with Crippen LogP contribution in [0.1, 0.15) is 40.0 Å². The molecule has 13 heavy (non-hydrogen) atoms. The molecule has 1 aliphatic rings. The Balaban J connectivity index is 1.85. The van der Waals surface area contributed by atoms with Crippen molar-refractivity contribution in [3.8, 4) is 0 Å². The summed E-state index contributed by atoms with van der Waals surface area (Å²) in [6.07, 6.45) is 4.46. The smallest absolute Gasteiger partial charge is 0.0810 e. The Morgan fingerprint density at radius 1 is 1.38 bits per heavy atom. The Kier molecular flexibility index (Phi) is 4.74. The fraction of sp³-hybridized carbons (Fsp3) is 1.00. The highest BCUT2D eigenvalue weighted by molar-refractivity contribution is 4.68. The maximum atomic E-state index is 5.68. The van der Waals surface area contributed by atoms with Gasteiger partial charge >= 0.3 is 0 Å². The van der Waals surface area contributed by atoms with E-state index in [-0.39, 0.29) is 0 Å². The van der Waals surface area contributed by atoms with E-state index in [4.69, 9.17) is 9.47 Å². The third kappa shape index (κ3) is 6.05. The maximum absolute atomic E-state index is 5.68. The molecule has 1 heterocycles. The van der Waals surface area contributed by atoms with Gasteiger partial charge in [0.25, 0.3) is 0 Å². The number of epoxide rings is 1. The predicted molar refractivity (Wildman–Crippen MR) is 53.8 cm³/mol. The molecular weight excluding hydrogens is 164 g/mol. The first-order valence-corrected chi connectivity index (χ1v) is 5.41. The van der Waals surface area contributed by atoms with Crippen LogP contribution in [0.4, 0.5) is 0 Å². The van der Waals surface area contributed by atoms with Crippen molar-refractivity contribution in [2.75, 3.05) is 13.2 Å². The van der Waals surface area contributed by atoms with Crippen molar-refractivity contribution in [3.63, 3.8) is 0 Å². The monoisotopic (exact) mass is 186 g/mol. The van der Waals surface area contributed by atoms with Crippen LogP contribution >= 0.6 is 0 Å². The van der Waals surface area contributed by atoms with Gasteiger partial charge in [-0.3, -0.25) is 0 Å². The fourth-order valence-corrected chi connectivity index (χ4v) is 1.56. The first kappa shape index (κ1) is 11.0. The minimum Gasteiger partial charge on any atom is -0.378 e. The largest absolute Gasteiger partial charge is 0.378 e. The summed E-state index contributed by atoms with van der Waals surface area (Å²) in [5.74, 6) is 0.738. The highest BCUT2D eigenvalue weighted by atomic mass is 16.6. The molecule has 2 atom stereocenters. The molecule has 2 nitrogen and oxygen atoms in total. The van der Waals surface area contributed by atoms with Crippen molar-refractivity contribution < 1.29 is 9.47 Å². The summed E-state index contributed by atoms with van der Waals surface area (Å²) < 4.78 is 10.8. The average molecular weight is 186 g/mol. The Bertz CT molecular complexity index is 130. The lowest BCUT2D eigenvalue weighted by molar-refractivity contribution is 0.0488. The molecule has 1 saturated heterocycles. The van der Waals surface area contributed by atoms with Crippen molar-refractivity contribution in [2.45, 2.75) is 52.2 Å². The van der Waals surface area contributed by atoms with E-state index in [9.17, 15) is 0 Å². The molecule has 1 rings (SSSR count). The quantitative estimate of drug-likeness (QED) is 0.450. The number of ether oxygens (including phenoxy) is 2. The molecule has 2 heteroatoms. The van der Waals surface area contributed by atoms with Crippen molar-refractivity contribution in [1.82, 2.24) is 0 Å². The zero-order chi connectivity index (χ0) is 9.68. The summed E-state index contributed by atoms with van der Waals surface area (Å²) in [4.78, 5) is 0. The Morgan fingerprint density at radius 3 is 2.62 bits per heavy atom. The van der Waals surface area contributed by atoms with Crippen molar-refractivity contribution in [1.29, 1.82) is 0 Å². The highest BCUT2D eigenvalue weighted by Gasteiger charge is 2.21. The molecule has 0 bridgehead atoms. The minimum absolute atomic E-state index is 0.417. The van der Waals surface area contributed by atoms with Crippen molar-refractivity contribution >= 4 is 0 Å². The van der Waals surface area contributed by atoms with E-state index in [1.807, 2.05) is 0 Å². The SMILES string of the molecule is CC(C)CC(C)OCCCC1CO1. The summed E-state index contributed by atoms with van der Waals surface area (Å²) in [7, 11) is 0. The van der Waals surface area contributed by atoms with Gasteiger partial charge < -0.3 is 9.47 Å². The first-order valence-electron chi connectivity index (χ1n) is 5.41. The van der Waals surface area contributed by atoms with Crippen molar-refractivity contribution in [3.05, 3.63) is 0 Å². The molecule has 0 amide bonds. The standard InChI is InChI=1S/C11H22O2/c1-9(2)7-10(3)12-6-4-5-11-8-13-11/h9-11H,4-8H2,1-3H3. The van der Waals surface area contributed by atoms with Gasteiger partial charge in [0.05, 0.1) is 18.8 Å². The van der Waals surface area contributed by atoms with Crippen LogP contribution in [0.3, 0.4) is 0 Å². The average Bonchev–Trinajstić information content (AvgIpc) is 2.80. The predicted octanol–water partition coefficient (Wildman–Crippen LogP) is 2.62. The van der Waals surface area contributed by atoms with Gasteiger partial charge in [-0.25, -0.2) is 0 Å². The molecule has 0 N–H and O–H groups in total. The van der Waals surface area contributed by atoms with Crippen LogP contribution in [0.2, 0.25) is 0 Å². The minimum atomic E-state index is 0.417. The summed E-state index contributed by atoms with van der Waals surface area (Å²) in [5, 5.41) is 0. The summed E-state index contributed by atoms with van der Waals surface area (Å²) in [6, 6.07) is 0. The molecule has 1 aliphatic heterocycles. The molecule has 0 saturated carbocycles. The highest BCUT2D eigenvalue weighted by Crippen LogP contribution is 2.15. The van der Waals surface area contributed by atoms with E-state index in [1.165, 1.54) is 12.8 Å². The lowest BCUT2D eigenvalue weighted by Crippen LogP contribution is -2.12. The Labute approximate surface area is 81.6 Å². The van der Waals surface area contributed by atoms with Gasteiger partial charge in [-0.15, -0.1) is 0 Å². The van der Waals surface area contributed by atoms with Crippen LogP contribution in [0.15, 0.2) is 0 Å². The van der Waals surface area contributed by atoms with E-state index in [1.54, 1.807) is 0 Å². The lowest BCUT2D eigenvalue weighted by atomic mass is 10.1. The summed E-state index contributed by atoms with van der Waals surface area (Å²) >= 11 is 0. The van der Waals surface area contributed by atoms with E-state index in [2.05, 4.69) is 20.8 Å². The van der Waals surface area contributed by atoms with Crippen LogP contribution in [0, 0.1) is 5.92 Å². The van der Waals surface area contributed by atoms with Gasteiger partial charge in [-0.2, -0.15) is 0 Å². The number of rotatable bonds is 7. The molecule has 2 unspecified atom stereocenters. The van der Waals surface area contributed by atoms with Gasteiger partial charge in [0, 0.05) is 6.61 Å². The van der Waals surface area contributed by atoms with Crippen LogP contribution in [-0.4, -0.2) is 25.4 Å². The second-order valence-electron chi connectivity index (χ2n) is 4.41. The van der Waals surface area contributed by atoms with Crippen LogP contribution < -0.4 is 0 Å². The lowest BCUT2D eigenvalue weighted by Gasteiger charge is -2.14. The van der Waals surface area contributed by atoms with E-state index >= 15 is 0 Å². The summed E-state index contributed by atoms with van der Waals surface area (Å²) in [5.41, 5.74) is 0. The Morgan fingerprint density at radius 2 is 2.08 bits per heavy atom. The van der Waals surface area contributed by atoms with Crippen LogP contribution in [0.5, 0.6) is 0 Å². The zero-order valence-corrected chi connectivity index (χ0v) is 9.08. The van der Waals surface area contributed by atoms with Gasteiger partial charge in [0.15, 0.2) is 0 Å². The van der Waals surface area contributed by atoms with Gasteiger partial charge in [0.2, 0.25) is 0 Å². The summed E-state index contributed by atoms with van der Waals surface area (Å²) in [6.45, 7) is 8.50.